The van der Waals surface area contributed by atoms with Crippen molar-refractivity contribution in [3.63, 3.8) is 0 Å². The summed E-state index contributed by atoms with van der Waals surface area (Å²) < 4.78 is 0. The summed E-state index contributed by atoms with van der Waals surface area (Å²) in [6.07, 6.45) is 8.40. The molecule has 1 aromatic carbocycles. The van der Waals surface area contributed by atoms with Gasteiger partial charge in [0, 0.05) is 5.92 Å². The number of carbonyl (C=O) groups excluding carboxylic acids is 1. The van der Waals surface area contributed by atoms with Gasteiger partial charge in [0.15, 0.2) is 0 Å². The van der Waals surface area contributed by atoms with Crippen LogP contribution >= 0.6 is 0 Å². The van der Waals surface area contributed by atoms with E-state index in [2.05, 4.69) is 43.4 Å². The molecule has 0 spiro atoms. The molecule has 2 aliphatic rings. The lowest BCUT2D eigenvalue weighted by Crippen LogP contribution is -2.32. The molecule has 1 atom stereocenters. The summed E-state index contributed by atoms with van der Waals surface area (Å²) in [4.78, 5) is 11.9. The summed E-state index contributed by atoms with van der Waals surface area (Å²) in [5, 5.41) is 0. The molecule has 0 radical (unpaired) electrons. The van der Waals surface area contributed by atoms with Crippen molar-refractivity contribution in [3.8, 4) is 0 Å². The second-order valence-electron chi connectivity index (χ2n) is 6.13. The molecule has 0 aromatic heterocycles. The maximum absolute atomic E-state index is 11.9. The number of primary amides is 1. The molecule has 0 saturated heterocycles. The van der Waals surface area contributed by atoms with E-state index in [9.17, 15) is 4.79 Å². The largest absolute Gasteiger partial charge is 0.369 e. The van der Waals surface area contributed by atoms with Gasteiger partial charge in [-0.1, -0.05) is 48.1 Å². The molecule has 2 heteroatoms. The van der Waals surface area contributed by atoms with Crippen LogP contribution in [0.5, 0.6) is 0 Å². The molecule has 1 amide bonds. The molecule has 0 fully saturated rings. The zero-order chi connectivity index (χ0) is 14.5. The summed E-state index contributed by atoms with van der Waals surface area (Å²) in [6, 6.07) is 6.47. The molecule has 0 bridgehead atoms. The Bertz CT molecular complexity index is 689. The first-order valence-corrected chi connectivity index (χ1v) is 6.93. The predicted molar refractivity (Wildman–Crippen MR) is 82.1 cm³/mol. The molecule has 20 heavy (non-hydrogen) atoms. The van der Waals surface area contributed by atoms with Crippen molar-refractivity contribution in [2.24, 2.45) is 11.1 Å². The van der Waals surface area contributed by atoms with Crippen molar-refractivity contribution in [2.45, 2.75) is 26.7 Å². The van der Waals surface area contributed by atoms with Crippen LogP contribution in [0.15, 0.2) is 48.1 Å². The fourth-order valence-corrected chi connectivity index (χ4v) is 3.19. The van der Waals surface area contributed by atoms with Gasteiger partial charge in [-0.25, -0.2) is 0 Å². The zero-order valence-electron chi connectivity index (χ0n) is 12.1. The lowest BCUT2D eigenvalue weighted by molar-refractivity contribution is -0.123. The fourth-order valence-electron chi connectivity index (χ4n) is 3.19. The standard InChI is InChI=1S/C18H19NO/c1-11-8-9-13-12-6-4-5-7-14(12)16(15(13)10-11)18(2,3)17(19)20/h4-10,12H,1-3H3,(H2,19,20). The summed E-state index contributed by atoms with van der Waals surface area (Å²) in [5.41, 5.74) is 10.9. The predicted octanol–water partition coefficient (Wildman–Crippen LogP) is 3.48. The van der Waals surface area contributed by atoms with Crippen LogP contribution in [0, 0.1) is 12.3 Å². The third-order valence-corrected chi connectivity index (χ3v) is 4.37. The Hall–Kier alpha value is -2.09. The Balaban J connectivity index is 2.31. The van der Waals surface area contributed by atoms with Crippen LogP contribution in [-0.4, -0.2) is 5.91 Å². The molecule has 2 nitrogen and oxygen atoms in total. The Kier molecular flexibility index (Phi) is 2.72. The number of rotatable bonds is 2. The number of aryl methyl sites for hydroxylation is 1. The highest BCUT2D eigenvalue weighted by Gasteiger charge is 2.40. The second kappa shape index (κ2) is 4.20. The van der Waals surface area contributed by atoms with Crippen LogP contribution in [0.2, 0.25) is 0 Å². The molecule has 0 aliphatic heterocycles. The van der Waals surface area contributed by atoms with E-state index in [0.717, 1.165) is 5.57 Å². The quantitative estimate of drug-likeness (QED) is 0.874. The highest BCUT2D eigenvalue weighted by atomic mass is 16.1. The lowest BCUT2D eigenvalue weighted by atomic mass is 9.78. The topological polar surface area (TPSA) is 43.1 Å². The average molecular weight is 265 g/mol. The normalized spacial score (nSPS) is 20.1. The van der Waals surface area contributed by atoms with Crippen molar-refractivity contribution in [2.75, 3.05) is 0 Å². The number of allylic oxidation sites excluding steroid dienone is 5. The molecule has 2 N–H and O–H groups in total. The van der Waals surface area contributed by atoms with Crippen molar-refractivity contribution in [1.82, 2.24) is 0 Å². The molecule has 1 aromatic rings. The van der Waals surface area contributed by atoms with Crippen LogP contribution in [0.3, 0.4) is 0 Å². The number of fused-ring (bicyclic) bond motifs is 3. The molecule has 0 heterocycles. The average Bonchev–Trinajstić information content (AvgIpc) is 2.72. The van der Waals surface area contributed by atoms with Gasteiger partial charge in [-0.15, -0.1) is 0 Å². The number of amides is 1. The highest BCUT2D eigenvalue weighted by Crippen LogP contribution is 2.51. The van der Waals surface area contributed by atoms with Crippen molar-refractivity contribution >= 4 is 11.5 Å². The van der Waals surface area contributed by atoms with E-state index in [-0.39, 0.29) is 11.8 Å². The van der Waals surface area contributed by atoms with Crippen molar-refractivity contribution in [3.05, 3.63) is 64.8 Å². The van der Waals surface area contributed by atoms with Crippen LogP contribution < -0.4 is 5.73 Å². The molecular weight excluding hydrogens is 246 g/mol. The number of hydrogen-bond donors (Lipinski definition) is 1. The smallest absolute Gasteiger partial charge is 0.227 e. The second-order valence-corrected chi connectivity index (χ2v) is 6.13. The van der Waals surface area contributed by atoms with Gasteiger partial charge in [-0.05, 0) is 43.0 Å². The summed E-state index contributed by atoms with van der Waals surface area (Å²) in [7, 11) is 0. The van der Waals surface area contributed by atoms with Crippen molar-refractivity contribution in [1.29, 1.82) is 0 Å². The summed E-state index contributed by atoms with van der Waals surface area (Å²) in [6.45, 7) is 5.91. The van der Waals surface area contributed by atoms with E-state index in [1.54, 1.807) is 0 Å². The van der Waals surface area contributed by atoms with Crippen LogP contribution in [0.1, 0.15) is 36.5 Å². The Labute approximate surface area is 119 Å². The zero-order valence-corrected chi connectivity index (χ0v) is 12.1. The fraction of sp³-hybridized carbons (Fsp3) is 0.278. The van der Waals surface area contributed by atoms with E-state index in [1.165, 1.54) is 22.3 Å². The van der Waals surface area contributed by atoms with Gasteiger partial charge in [0.1, 0.15) is 0 Å². The minimum absolute atomic E-state index is 0.254. The van der Waals surface area contributed by atoms with Gasteiger partial charge in [-0.2, -0.15) is 0 Å². The minimum Gasteiger partial charge on any atom is -0.369 e. The number of carbonyl (C=O) groups is 1. The molecule has 2 aliphatic carbocycles. The van der Waals surface area contributed by atoms with Crippen LogP contribution in [-0.2, 0) is 4.79 Å². The lowest BCUT2D eigenvalue weighted by Gasteiger charge is -2.25. The monoisotopic (exact) mass is 265 g/mol. The molecule has 1 unspecified atom stereocenters. The van der Waals surface area contributed by atoms with Gasteiger partial charge in [0.05, 0.1) is 5.41 Å². The van der Waals surface area contributed by atoms with Gasteiger partial charge in [0.25, 0.3) is 0 Å². The Morgan fingerprint density at radius 3 is 2.70 bits per heavy atom. The minimum atomic E-state index is -0.665. The summed E-state index contributed by atoms with van der Waals surface area (Å²) in [5.74, 6) is -0.0275. The first kappa shape index (κ1) is 12.9. The third-order valence-electron chi connectivity index (χ3n) is 4.37. The van der Waals surface area contributed by atoms with Gasteiger partial charge in [0.2, 0.25) is 5.91 Å². The molecule has 102 valence electrons. The first-order chi connectivity index (χ1) is 9.43. The molecular formula is C18H19NO. The maximum Gasteiger partial charge on any atom is 0.227 e. The molecule has 0 saturated carbocycles. The van der Waals surface area contributed by atoms with E-state index >= 15 is 0 Å². The maximum atomic E-state index is 11.9. The van der Waals surface area contributed by atoms with Gasteiger partial charge >= 0.3 is 0 Å². The van der Waals surface area contributed by atoms with Gasteiger partial charge in [-0.3, -0.25) is 4.79 Å². The van der Waals surface area contributed by atoms with E-state index in [0.29, 0.717) is 0 Å². The number of benzene rings is 1. The van der Waals surface area contributed by atoms with E-state index in [1.807, 2.05) is 19.9 Å². The van der Waals surface area contributed by atoms with Crippen LogP contribution in [0.25, 0.3) is 5.57 Å². The van der Waals surface area contributed by atoms with Crippen molar-refractivity contribution < 1.29 is 4.79 Å². The van der Waals surface area contributed by atoms with Crippen LogP contribution in [0.4, 0.5) is 0 Å². The van der Waals surface area contributed by atoms with E-state index in [4.69, 9.17) is 5.73 Å². The Morgan fingerprint density at radius 2 is 2.00 bits per heavy atom. The highest BCUT2D eigenvalue weighted by molar-refractivity contribution is 5.99. The number of nitrogens with two attached hydrogens (primary N) is 1. The van der Waals surface area contributed by atoms with Gasteiger partial charge < -0.3 is 5.73 Å². The first-order valence-electron chi connectivity index (χ1n) is 6.93. The SMILES string of the molecule is Cc1ccc2c(c1)C(C(C)(C)C(N)=O)=C1C=CC=CC12. The Morgan fingerprint density at radius 1 is 1.25 bits per heavy atom. The molecule has 3 rings (SSSR count). The summed E-state index contributed by atoms with van der Waals surface area (Å²) >= 11 is 0. The van der Waals surface area contributed by atoms with E-state index < -0.39 is 5.41 Å². The third kappa shape index (κ3) is 1.68. The number of hydrogen-bond acceptors (Lipinski definition) is 1.